The van der Waals surface area contributed by atoms with Gasteiger partial charge in [-0.15, -0.1) is 0 Å². The van der Waals surface area contributed by atoms with Crippen molar-refractivity contribution in [2.24, 2.45) is 11.5 Å². The number of carbonyl (C=O) groups excluding carboxylic acids is 3. The molecule has 1 unspecified atom stereocenters. The monoisotopic (exact) mass is 294 g/mol. The fourth-order valence-corrected chi connectivity index (χ4v) is 1.53. The molecule has 21 heavy (non-hydrogen) atoms. The minimum absolute atomic E-state index is 0.128. The second-order valence-electron chi connectivity index (χ2n) is 4.44. The number of nitrogens with two attached hydrogens (primary N) is 2. The van der Waals surface area contributed by atoms with Crippen LogP contribution in [-0.4, -0.2) is 42.0 Å². The Labute approximate surface area is 121 Å². The van der Waals surface area contributed by atoms with Crippen LogP contribution >= 0.6 is 0 Å². The van der Waals surface area contributed by atoms with Gasteiger partial charge in [-0.2, -0.15) is 0 Å². The summed E-state index contributed by atoms with van der Waals surface area (Å²) < 4.78 is 0. The highest BCUT2D eigenvalue weighted by atomic mass is 16.3. The van der Waals surface area contributed by atoms with Crippen molar-refractivity contribution in [1.82, 2.24) is 10.6 Å². The summed E-state index contributed by atoms with van der Waals surface area (Å²) in [5.74, 6) is -1.56. The maximum absolute atomic E-state index is 11.7. The van der Waals surface area contributed by atoms with E-state index in [1.807, 2.05) is 0 Å². The predicted molar refractivity (Wildman–Crippen MR) is 75.0 cm³/mol. The maximum Gasteiger partial charge on any atom is 0.239 e. The van der Waals surface area contributed by atoms with Gasteiger partial charge in [-0.25, -0.2) is 0 Å². The molecule has 8 nitrogen and oxygen atoms in total. The Balaban J connectivity index is 2.35. The third-order valence-corrected chi connectivity index (χ3v) is 2.61. The zero-order valence-electron chi connectivity index (χ0n) is 11.3. The van der Waals surface area contributed by atoms with Crippen molar-refractivity contribution < 1.29 is 19.5 Å². The Morgan fingerprint density at radius 1 is 1.10 bits per heavy atom. The van der Waals surface area contributed by atoms with Gasteiger partial charge in [0.05, 0.1) is 19.1 Å². The topological polar surface area (TPSA) is 148 Å². The van der Waals surface area contributed by atoms with Crippen molar-refractivity contribution in [3.8, 4) is 5.75 Å². The number of benzene rings is 1. The molecule has 0 heterocycles. The fourth-order valence-electron chi connectivity index (χ4n) is 1.53. The number of primary amides is 1. The molecule has 114 valence electrons. The smallest absolute Gasteiger partial charge is 0.239 e. The lowest BCUT2D eigenvalue weighted by Crippen LogP contribution is -2.46. The Morgan fingerprint density at radius 2 is 1.71 bits per heavy atom. The molecule has 7 N–H and O–H groups in total. The molecule has 1 aromatic rings. The van der Waals surface area contributed by atoms with Crippen LogP contribution in [-0.2, 0) is 20.8 Å². The van der Waals surface area contributed by atoms with Crippen LogP contribution in [0.3, 0.4) is 0 Å². The van der Waals surface area contributed by atoms with E-state index in [0.717, 1.165) is 5.56 Å². The van der Waals surface area contributed by atoms with Gasteiger partial charge in [-0.05, 0) is 24.1 Å². The van der Waals surface area contributed by atoms with E-state index in [1.54, 1.807) is 12.1 Å². The van der Waals surface area contributed by atoms with Crippen molar-refractivity contribution in [3.63, 3.8) is 0 Å². The van der Waals surface area contributed by atoms with Gasteiger partial charge in [-0.1, -0.05) is 12.1 Å². The van der Waals surface area contributed by atoms with Crippen molar-refractivity contribution in [1.29, 1.82) is 0 Å². The van der Waals surface area contributed by atoms with E-state index in [1.165, 1.54) is 12.1 Å². The first-order chi connectivity index (χ1) is 9.88. The Kier molecular flexibility index (Phi) is 6.15. The first-order valence-corrected chi connectivity index (χ1v) is 6.24. The van der Waals surface area contributed by atoms with Gasteiger partial charge >= 0.3 is 0 Å². The van der Waals surface area contributed by atoms with E-state index in [2.05, 4.69) is 10.6 Å². The molecule has 0 aromatic heterocycles. The van der Waals surface area contributed by atoms with E-state index >= 15 is 0 Å². The minimum Gasteiger partial charge on any atom is -0.508 e. The van der Waals surface area contributed by atoms with Gasteiger partial charge < -0.3 is 27.2 Å². The van der Waals surface area contributed by atoms with Crippen molar-refractivity contribution in [3.05, 3.63) is 29.8 Å². The predicted octanol–water partition coefficient (Wildman–Crippen LogP) is -2.02. The van der Waals surface area contributed by atoms with Crippen LogP contribution in [0.2, 0.25) is 0 Å². The van der Waals surface area contributed by atoms with E-state index in [-0.39, 0.29) is 25.3 Å². The molecule has 0 aliphatic rings. The fraction of sp³-hybridized carbons (Fsp3) is 0.308. The van der Waals surface area contributed by atoms with Gasteiger partial charge in [0.25, 0.3) is 0 Å². The van der Waals surface area contributed by atoms with Crippen LogP contribution in [0.1, 0.15) is 5.56 Å². The SMILES string of the molecule is NC(=O)CNC(=O)CNC(=O)C(N)Cc1ccc(O)cc1. The van der Waals surface area contributed by atoms with Crippen LogP contribution in [0.25, 0.3) is 0 Å². The molecule has 0 saturated heterocycles. The van der Waals surface area contributed by atoms with E-state index < -0.39 is 23.8 Å². The molecule has 0 aliphatic heterocycles. The number of amides is 3. The van der Waals surface area contributed by atoms with Crippen molar-refractivity contribution in [2.45, 2.75) is 12.5 Å². The number of carbonyl (C=O) groups is 3. The number of rotatable bonds is 7. The summed E-state index contributed by atoms with van der Waals surface area (Å²) in [6, 6.07) is 5.48. The van der Waals surface area contributed by atoms with Gasteiger partial charge in [0.15, 0.2) is 0 Å². The summed E-state index contributed by atoms with van der Waals surface area (Å²) in [4.78, 5) is 33.4. The minimum atomic E-state index is -0.821. The molecule has 0 bridgehead atoms. The molecular weight excluding hydrogens is 276 g/mol. The number of hydrogen-bond donors (Lipinski definition) is 5. The number of hydrogen-bond acceptors (Lipinski definition) is 5. The van der Waals surface area contributed by atoms with Crippen molar-refractivity contribution >= 4 is 17.7 Å². The lowest BCUT2D eigenvalue weighted by atomic mass is 10.1. The normalized spacial score (nSPS) is 11.5. The quantitative estimate of drug-likeness (QED) is 0.394. The summed E-state index contributed by atoms with van der Waals surface area (Å²) in [6.45, 7) is -0.566. The second kappa shape index (κ2) is 7.85. The Morgan fingerprint density at radius 3 is 2.29 bits per heavy atom. The molecule has 3 amide bonds. The zero-order valence-corrected chi connectivity index (χ0v) is 11.3. The first kappa shape index (κ1) is 16.4. The molecule has 8 heteroatoms. The number of phenolic OH excluding ortho intramolecular Hbond substituents is 1. The zero-order chi connectivity index (χ0) is 15.8. The van der Waals surface area contributed by atoms with Gasteiger partial charge in [0, 0.05) is 0 Å². The highest BCUT2D eigenvalue weighted by molar-refractivity contribution is 5.89. The van der Waals surface area contributed by atoms with Crippen LogP contribution in [0.15, 0.2) is 24.3 Å². The summed E-state index contributed by atoms with van der Waals surface area (Å²) in [5, 5.41) is 13.7. The molecule has 1 rings (SSSR count). The Hall–Kier alpha value is -2.61. The summed E-state index contributed by atoms with van der Waals surface area (Å²) >= 11 is 0. The molecule has 0 fully saturated rings. The standard InChI is InChI=1S/C13H18N4O4/c14-10(5-8-1-3-9(18)4-2-8)13(21)17-7-12(20)16-6-11(15)19/h1-4,10,18H,5-7,14H2,(H2,15,19)(H,16,20)(H,17,21). The average molecular weight is 294 g/mol. The Bertz CT molecular complexity index is 515. The van der Waals surface area contributed by atoms with Gasteiger partial charge in [-0.3, -0.25) is 14.4 Å². The molecule has 0 aliphatic carbocycles. The summed E-state index contributed by atoms with van der Waals surface area (Å²) in [7, 11) is 0. The van der Waals surface area contributed by atoms with Gasteiger partial charge in [0.2, 0.25) is 17.7 Å². The molecule has 0 saturated carbocycles. The second-order valence-corrected chi connectivity index (χ2v) is 4.44. The van der Waals surface area contributed by atoms with E-state index in [4.69, 9.17) is 16.6 Å². The highest BCUT2D eigenvalue weighted by Gasteiger charge is 2.15. The first-order valence-electron chi connectivity index (χ1n) is 6.24. The third kappa shape index (κ3) is 6.39. The third-order valence-electron chi connectivity index (χ3n) is 2.61. The number of aromatic hydroxyl groups is 1. The summed E-state index contributed by atoms with van der Waals surface area (Å²) in [5.41, 5.74) is 11.4. The highest BCUT2D eigenvalue weighted by Crippen LogP contribution is 2.10. The average Bonchev–Trinajstić information content (AvgIpc) is 2.44. The lowest BCUT2D eigenvalue weighted by molar-refractivity contribution is -0.127. The largest absolute Gasteiger partial charge is 0.508 e. The van der Waals surface area contributed by atoms with Crippen LogP contribution in [0.4, 0.5) is 0 Å². The molecule has 0 spiro atoms. The number of phenols is 1. The van der Waals surface area contributed by atoms with Crippen LogP contribution in [0.5, 0.6) is 5.75 Å². The number of nitrogens with one attached hydrogen (secondary N) is 2. The molecule has 0 radical (unpaired) electrons. The lowest BCUT2D eigenvalue weighted by Gasteiger charge is -2.12. The maximum atomic E-state index is 11.7. The molecule has 1 aromatic carbocycles. The van der Waals surface area contributed by atoms with Crippen molar-refractivity contribution in [2.75, 3.05) is 13.1 Å². The van der Waals surface area contributed by atoms with Gasteiger partial charge in [0.1, 0.15) is 5.75 Å². The summed E-state index contributed by atoms with van der Waals surface area (Å²) in [6.07, 6.45) is 0.273. The van der Waals surface area contributed by atoms with Crippen LogP contribution in [0, 0.1) is 0 Å². The van der Waals surface area contributed by atoms with E-state index in [9.17, 15) is 14.4 Å². The molecular formula is C13H18N4O4. The van der Waals surface area contributed by atoms with Crippen LogP contribution < -0.4 is 22.1 Å². The van der Waals surface area contributed by atoms with E-state index in [0.29, 0.717) is 0 Å². The molecule has 1 atom stereocenters.